The summed E-state index contributed by atoms with van der Waals surface area (Å²) in [4.78, 5) is 20.6. The molecule has 8 heteroatoms. The van der Waals surface area contributed by atoms with E-state index >= 15 is 0 Å². The molecule has 0 fully saturated rings. The number of nitrogens with zero attached hydrogens (tertiary/aromatic N) is 2. The van der Waals surface area contributed by atoms with Crippen molar-refractivity contribution in [2.45, 2.75) is 116 Å². The molecule has 1 atom stereocenters. The van der Waals surface area contributed by atoms with E-state index in [1.165, 1.54) is 108 Å². The number of phosphoric ester groups is 1. The van der Waals surface area contributed by atoms with Crippen LogP contribution in [-0.4, -0.2) is 73.4 Å². The van der Waals surface area contributed by atoms with Crippen molar-refractivity contribution in [3.63, 3.8) is 0 Å². The van der Waals surface area contributed by atoms with Crippen molar-refractivity contribution in [2.24, 2.45) is 0 Å². The van der Waals surface area contributed by atoms with E-state index < -0.39 is 7.82 Å². The van der Waals surface area contributed by atoms with E-state index in [0.717, 1.165) is 19.6 Å². The first-order chi connectivity index (χ1) is 19.1. The lowest BCUT2D eigenvalue weighted by Crippen LogP contribution is -2.37. The smallest absolute Gasteiger partial charge is 0.265 e. The summed E-state index contributed by atoms with van der Waals surface area (Å²) in [5, 5.41) is 9.31. The average Bonchev–Trinajstić information content (AvgIpc) is 2.88. The van der Waals surface area contributed by atoms with E-state index in [0.29, 0.717) is 11.0 Å². The van der Waals surface area contributed by atoms with E-state index in [1.54, 1.807) is 0 Å². The van der Waals surface area contributed by atoms with Gasteiger partial charge in [-0.25, -0.2) is 0 Å². The fourth-order valence-electron chi connectivity index (χ4n) is 4.57. The maximum Gasteiger partial charge on any atom is 0.265 e. The molecule has 0 spiro atoms. The largest absolute Gasteiger partial charge is 0.756 e. The van der Waals surface area contributed by atoms with Crippen LogP contribution in [-0.2, 0) is 15.6 Å². The molecule has 0 aliphatic carbocycles. The van der Waals surface area contributed by atoms with Gasteiger partial charge in [0.1, 0.15) is 13.2 Å². The van der Waals surface area contributed by atoms with Crippen molar-refractivity contribution in [3.8, 4) is 0 Å². The second kappa shape index (κ2) is 25.9. The lowest BCUT2D eigenvalue weighted by Gasteiger charge is -2.25. The molecular weight excluding hydrogens is 523 g/mol. The fraction of sp³-hybridized carbons (Fsp3) is 0.812. The highest BCUT2D eigenvalue weighted by Gasteiger charge is 2.09. The summed E-state index contributed by atoms with van der Waals surface area (Å²) < 4.78 is 14.8. The molecule has 1 aromatic rings. The number of hydrogen-bond acceptors (Lipinski definition) is 5. The zero-order chi connectivity index (χ0) is 30.0. The summed E-state index contributed by atoms with van der Waals surface area (Å²) in [6.07, 6.45) is 22.6. The zero-order valence-electron chi connectivity index (χ0n) is 26.4. The normalized spacial score (nSPS) is 13.2. The molecule has 236 valence electrons. The van der Waals surface area contributed by atoms with Gasteiger partial charge in [-0.3, -0.25) is 9.46 Å². The molecule has 0 amide bonds. The molecule has 7 nitrogen and oxygen atoms in total. The predicted octanol–water partition coefficient (Wildman–Crippen LogP) is 6.91. The number of phosphoric acid groups is 1. The number of quaternary nitrogens is 1. The molecule has 0 radical (unpaired) electrons. The van der Waals surface area contributed by atoms with Crippen molar-refractivity contribution >= 4 is 7.82 Å². The Morgan fingerprint density at radius 3 is 1.62 bits per heavy atom. The van der Waals surface area contributed by atoms with Gasteiger partial charge in [0, 0.05) is 13.1 Å². The highest BCUT2D eigenvalue weighted by Crippen LogP contribution is 2.29. The third-order valence-corrected chi connectivity index (χ3v) is 7.52. The second-order valence-electron chi connectivity index (χ2n) is 12.1. The van der Waals surface area contributed by atoms with Crippen LogP contribution < -0.4 is 4.89 Å². The van der Waals surface area contributed by atoms with Crippen molar-refractivity contribution in [1.29, 1.82) is 0 Å². The quantitative estimate of drug-likeness (QED) is 0.0735. The van der Waals surface area contributed by atoms with E-state index in [1.807, 2.05) is 21.1 Å². The molecule has 0 heterocycles. The minimum absolute atomic E-state index is 0.0147. The number of benzene rings is 1. The number of unbranched alkanes of at least 4 members (excludes halogenated alkanes) is 15. The van der Waals surface area contributed by atoms with Crippen LogP contribution in [0.4, 0.5) is 0 Å². The van der Waals surface area contributed by atoms with Crippen LogP contribution in [0.3, 0.4) is 0 Å². The van der Waals surface area contributed by atoms with Crippen LogP contribution in [0.5, 0.6) is 0 Å². The Labute approximate surface area is 247 Å². The van der Waals surface area contributed by atoms with Gasteiger partial charge in [-0.2, -0.15) is 0 Å². The van der Waals surface area contributed by atoms with Crippen LogP contribution in [0.2, 0.25) is 0 Å². The third-order valence-electron chi connectivity index (χ3n) is 7.01. The second-order valence-corrected chi connectivity index (χ2v) is 13.3. The highest BCUT2D eigenvalue weighted by atomic mass is 31.2. The number of likely N-dealkylation sites (N-methyl/N-ethyl adjacent to an activating group) is 1. The summed E-state index contributed by atoms with van der Waals surface area (Å²) >= 11 is 0. The van der Waals surface area contributed by atoms with Crippen LogP contribution in [0.1, 0.15) is 115 Å². The standard InChI is InChI=1S/C27H49NO.C5H14NO4P/c1-2-3-4-5-6-7-8-9-10-11-12-13-14-15-16-20-23-28(24-25-29)26-27-21-18-17-19-22-27;1-6(2,3)4-5-10-11(7,8)9/h17-19,21-22,29H,2-16,20,23-26H2,1H3;4-5H2,1-3H3,(H-,7,8,9). The monoisotopic (exact) mass is 586 g/mol. The van der Waals surface area contributed by atoms with Gasteiger partial charge >= 0.3 is 0 Å². The molecule has 0 bridgehead atoms. The van der Waals surface area contributed by atoms with E-state index in [9.17, 15) is 14.6 Å². The van der Waals surface area contributed by atoms with Crippen LogP contribution >= 0.6 is 7.82 Å². The van der Waals surface area contributed by atoms with Crippen molar-refractivity contribution in [3.05, 3.63) is 35.9 Å². The maximum absolute atomic E-state index is 10.1. The fourth-order valence-corrected chi connectivity index (χ4v) is 4.88. The van der Waals surface area contributed by atoms with Gasteiger partial charge in [0.15, 0.2) is 0 Å². The SMILES string of the molecule is CCCCCCCCCCCCCCCCCCN(CCO)Cc1ccccc1.C[N+](C)(C)CCOP(=O)([O-])O. The first-order valence-corrected chi connectivity index (χ1v) is 17.4. The van der Waals surface area contributed by atoms with Gasteiger partial charge in [0.25, 0.3) is 7.82 Å². The van der Waals surface area contributed by atoms with Crippen LogP contribution in [0.25, 0.3) is 0 Å². The molecule has 2 N–H and O–H groups in total. The summed E-state index contributed by atoms with van der Waals surface area (Å²) in [6, 6.07) is 10.6. The lowest BCUT2D eigenvalue weighted by molar-refractivity contribution is -0.870. The Balaban J connectivity index is 0.00000116. The Morgan fingerprint density at radius 2 is 1.23 bits per heavy atom. The van der Waals surface area contributed by atoms with Crippen molar-refractivity contribution < 1.29 is 28.5 Å². The van der Waals surface area contributed by atoms with Gasteiger partial charge in [-0.15, -0.1) is 0 Å². The summed E-state index contributed by atoms with van der Waals surface area (Å²) in [6.45, 7) is 5.95. The zero-order valence-corrected chi connectivity index (χ0v) is 27.3. The summed E-state index contributed by atoms with van der Waals surface area (Å²) in [7, 11) is 1.19. The maximum atomic E-state index is 10.1. The first-order valence-electron chi connectivity index (χ1n) is 15.9. The number of aliphatic hydroxyl groups excluding tert-OH is 1. The molecule has 1 aromatic carbocycles. The average molecular weight is 587 g/mol. The summed E-state index contributed by atoms with van der Waals surface area (Å²) in [5.41, 5.74) is 1.34. The minimum Gasteiger partial charge on any atom is -0.756 e. The van der Waals surface area contributed by atoms with Crippen molar-refractivity contribution in [2.75, 3.05) is 54.0 Å². The molecule has 0 aliphatic heterocycles. The molecular formula is C32H63N2O5P. The van der Waals surface area contributed by atoms with E-state index in [2.05, 4.69) is 46.7 Å². The van der Waals surface area contributed by atoms with Gasteiger partial charge < -0.3 is 23.9 Å². The van der Waals surface area contributed by atoms with E-state index in [-0.39, 0.29) is 13.2 Å². The molecule has 0 saturated heterocycles. The first kappa shape index (κ1) is 39.2. The van der Waals surface area contributed by atoms with Crippen LogP contribution in [0, 0.1) is 0 Å². The van der Waals surface area contributed by atoms with Crippen LogP contribution in [0.15, 0.2) is 30.3 Å². The van der Waals surface area contributed by atoms with Crippen molar-refractivity contribution in [1.82, 2.24) is 4.90 Å². The molecule has 0 aliphatic rings. The highest BCUT2D eigenvalue weighted by molar-refractivity contribution is 7.44. The Bertz CT molecular complexity index is 709. The lowest BCUT2D eigenvalue weighted by atomic mass is 10.0. The van der Waals surface area contributed by atoms with Gasteiger partial charge in [0.2, 0.25) is 0 Å². The predicted molar refractivity (Wildman–Crippen MR) is 167 cm³/mol. The minimum atomic E-state index is -4.51. The topological polar surface area (TPSA) is 93.1 Å². The summed E-state index contributed by atoms with van der Waals surface area (Å²) in [5.74, 6) is 0. The third kappa shape index (κ3) is 30.2. The Kier molecular flexibility index (Phi) is 25.4. The Hall–Kier alpha value is -0.790. The number of rotatable bonds is 25. The molecule has 1 unspecified atom stereocenters. The molecule has 0 saturated carbocycles. The van der Waals surface area contributed by atoms with Gasteiger partial charge in [-0.1, -0.05) is 134 Å². The number of hydrogen-bond donors (Lipinski definition) is 2. The molecule has 1 rings (SSSR count). The van der Waals surface area contributed by atoms with E-state index in [4.69, 9.17) is 4.89 Å². The number of aliphatic hydroxyl groups is 1. The van der Waals surface area contributed by atoms with Gasteiger partial charge in [-0.05, 0) is 18.5 Å². The molecule has 0 aromatic heterocycles. The Morgan fingerprint density at radius 1 is 0.775 bits per heavy atom. The molecule has 40 heavy (non-hydrogen) atoms. The van der Waals surface area contributed by atoms with Gasteiger partial charge in [0.05, 0.1) is 27.7 Å².